The fourth-order valence-corrected chi connectivity index (χ4v) is 4.39. The summed E-state index contributed by atoms with van der Waals surface area (Å²) >= 11 is 0. The molecule has 0 fully saturated rings. The second kappa shape index (κ2) is 7.51. The first-order chi connectivity index (χ1) is 14.1. The average Bonchev–Trinajstić information content (AvgIpc) is 2.81. The quantitative estimate of drug-likeness (QED) is 0.489. The Balaban J connectivity index is 2.01. The normalized spacial score (nSPS) is 20.2. The lowest BCUT2D eigenvalue weighted by molar-refractivity contribution is -0.152. The fraction of sp³-hybridized carbons (Fsp3) is 0.154. The minimum atomic E-state index is -1.41. The van der Waals surface area contributed by atoms with Gasteiger partial charge < -0.3 is 4.74 Å². The van der Waals surface area contributed by atoms with E-state index in [1.807, 2.05) is 97.1 Å². The molecule has 0 unspecified atom stereocenters. The summed E-state index contributed by atoms with van der Waals surface area (Å²) in [6.07, 6.45) is 3.75. The van der Waals surface area contributed by atoms with E-state index >= 15 is 0 Å². The molecule has 0 N–H and O–H groups in total. The molecule has 0 saturated carbocycles. The van der Waals surface area contributed by atoms with E-state index in [2.05, 4.69) is 0 Å². The van der Waals surface area contributed by atoms with E-state index in [4.69, 9.17) is 4.74 Å². The monoisotopic (exact) mass is 382 g/mol. The van der Waals surface area contributed by atoms with Crippen molar-refractivity contribution < 1.29 is 14.3 Å². The third-order valence-electron chi connectivity index (χ3n) is 5.86. The van der Waals surface area contributed by atoms with Gasteiger partial charge in [-0.3, -0.25) is 9.59 Å². The van der Waals surface area contributed by atoms with E-state index in [0.29, 0.717) is 5.56 Å². The van der Waals surface area contributed by atoms with Crippen molar-refractivity contribution in [3.05, 3.63) is 120 Å². The predicted molar refractivity (Wildman–Crippen MR) is 113 cm³/mol. The van der Waals surface area contributed by atoms with E-state index in [9.17, 15) is 9.59 Å². The van der Waals surface area contributed by atoms with Crippen LogP contribution in [-0.2, 0) is 25.2 Å². The van der Waals surface area contributed by atoms with Gasteiger partial charge in [0.05, 0.1) is 7.11 Å². The molecule has 0 amide bonds. The van der Waals surface area contributed by atoms with Crippen molar-refractivity contribution in [2.24, 2.45) is 0 Å². The van der Waals surface area contributed by atoms with Gasteiger partial charge in [-0.15, -0.1) is 0 Å². The Kier molecular flexibility index (Phi) is 4.89. The SMILES string of the molecule is COC(=O)[C@@]1(c2ccccc2)CC(c2ccccc2)(c2ccccc2)C=CC1=O. The van der Waals surface area contributed by atoms with Crippen LogP contribution >= 0.6 is 0 Å². The summed E-state index contributed by atoms with van der Waals surface area (Å²) < 4.78 is 5.19. The van der Waals surface area contributed by atoms with E-state index in [1.165, 1.54) is 7.11 Å². The van der Waals surface area contributed by atoms with Gasteiger partial charge in [-0.05, 0) is 29.2 Å². The molecule has 1 atom stereocenters. The maximum absolute atomic E-state index is 13.3. The summed E-state index contributed by atoms with van der Waals surface area (Å²) in [6, 6.07) is 29.2. The third kappa shape index (κ3) is 2.99. The number of esters is 1. The molecule has 0 aliphatic heterocycles. The van der Waals surface area contributed by atoms with Gasteiger partial charge in [-0.1, -0.05) is 97.1 Å². The molecular weight excluding hydrogens is 360 g/mol. The summed E-state index contributed by atoms with van der Waals surface area (Å²) in [4.78, 5) is 26.5. The molecule has 0 spiro atoms. The number of rotatable bonds is 4. The molecule has 0 bridgehead atoms. The highest BCUT2D eigenvalue weighted by Gasteiger charge is 2.55. The van der Waals surface area contributed by atoms with Crippen molar-refractivity contribution in [3.63, 3.8) is 0 Å². The van der Waals surface area contributed by atoms with Crippen LogP contribution in [-0.4, -0.2) is 18.9 Å². The zero-order chi connectivity index (χ0) is 20.3. The van der Waals surface area contributed by atoms with E-state index in [0.717, 1.165) is 11.1 Å². The molecule has 0 heterocycles. The molecule has 4 rings (SSSR count). The standard InChI is InChI=1S/C26H22O3/c1-29-24(28)26(22-15-9-4-10-16-22)19-25(18-17-23(26)27,20-11-5-2-6-12-20)21-13-7-3-8-14-21/h2-18H,19H2,1H3/t26-/m1/s1. The van der Waals surface area contributed by atoms with Crippen LogP contribution in [0.4, 0.5) is 0 Å². The molecule has 3 aromatic carbocycles. The first-order valence-corrected chi connectivity index (χ1v) is 9.62. The van der Waals surface area contributed by atoms with Crippen molar-refractivity contribution >= 4 is 11.8 Å². The van der Waals surface area contributed by atoms with Crippen molar-refractivity contribution in [2.45, 2.75) is 17.3 Å². The highest BCUT2D eigenvalue weighted by molar-refractivity contribution is 6.15. The molecule has 144 valence electrons. The fourth-order valence-electron chi connectivity index (χ4n) is 4.39. The van der Waals surface area contributed by atoms with Crippen LogP contribution in [0.1, 0.15) is 23.1 Å². The van der Waals surface area contributed by atoms with Gasteiger partial charge >= 0.3 is 5.97 Å². The van der Waals surface area contributed by atoms with Crippen LogP contribution < -0.4 is 0 Å². The van der Waals surface area contributed by atoms with Crippen LogP contribution in [0, 0.1) is 0 Å². The van der Waals surface area contributed by atoms with E-state index in [-0.39, 0.29) is 12.2 Å². The summed E-state index contributed by atoms with van der Waals surface area (Å²) in [6.45, 7) is 0. The maximum atomic E-state index is 13.3. The molecule has 0 saturated heterocycles. The predicted octanol–water partition coefficient (Wildman–Crippen LogP) is 4.61. The van der Waals surface area contributed by atoms with Gasteiger partial charge in [-0.2, -0.15) is 0 Å². The first-order valence-electron chi connectivity index (χ1n) is 9.62. The van der Waals surface area contributed by atoms with Crippen LogP contribution in [0.15, 0.2) is 103 Å². The van der Waals surface area contributed by atoms with Gasteiger partial charge in [0, 0.05) is 5.41 Å². The number of hydrogen-bond acceptors (Lipinski definition) is 3. The number of ketones is 1. The number of carbonyl (C=O) groups is 2. The Bertz CT molecular complexity index is 1000. The minimum absolute atomic E-state index is 0.252. The lowest BCUT2D eigenvalue weighted by Crippen LogP contribution is -2.51. The Hall–Kier alpha value is -3.46. The number of allylic oxidation sites excluding steroid dienone is 2. The lowest BCUT2D eigenvalue weighted by Gasteiger charge is -2.43. The Morgan fingerprint density at radius 1 is 0.759 bits per heavy atom. The van der Waals surface area contributed by atoms with E-state index in [1.54, 1.807) is 6.08 Å². The van der Waals surface area contributed by atoms with Crippen molar-refractivity contribution in [2.75, 3.05) is 7.11 Å². The van der Waals surface area contributed by atoms with Gasteiger partial charge in [0.1, 0.15) is 0 Å². The third-order valence-corrected chi connectivity index (χ3v) is 5.86. The lowest BCUT2D eigenvalue weighted by atomic mass is 9.57. The molecule has 3 aromatic rings. The summed E-state index contributed by atoms with van der Waals surface area (Å²) in [5.74, 6) is -0.785. The zero-order valence-corrected chi connectivity index (χ0v) is 16.2. The minimum Gasteiger partial charge on any atom is -0.468 e. The summed E-state index contributed by atoms with van der Waals surface area (Å²) in [7, 11) is 1.34. The first kappa shape index (κ1) is 18.9. The molecule has 1 aliphatic rings. The van der Waals surface area contributed by atoms with Crippen LogP contribution in [0.3, 0.4) is 0 Å². The van der Waals surface area contributed by atoms with Gasteiger partial charge in [0.2, 0.25) is 0 Å². The van der Waals surface area contributed by atoms with Crippen molar-refractivity contribution in [1.82, 2.24) is 0 Å². The zero-order valence-electron chi connectivity index (χ0n) is 16.2. The second-order valence-electron chi connectivity index (χ2n) is 7.34. The maximum Gasteiger partial charge on any atom is 0.324 e. The highest BCUT2D eigenvalue weighted by Crippen LogP contribution is 2.49. The molecule has 29 heavy (non-hydrogen) atoms. The summed E-state index contributed by atoms with van der Waals surface area (Å²) in [5, 5.41) is 0. The Morgan fingerprint density at radius 2 is 1.21 bits per heavy atom. The molecule has 3 nitrogen and oxygen atoms in total. The number of methoxy groups -OCH3 is 1. The molecule has 0 radical (unpaired) electrons. The number of carbonyl (C=O) groups excluding carboxylic acids is 2. The second-order valence-corrected chi connectivity index (χ2v) is 7.34. The molecule has 1 aliphatic carbocycles. The number of ether oxygens (including phenoxy) is 1. The Labute approximate surface area is 170 Å². The molecule has 0 aromatic heterocycles. The largest absolute Gasteiger partial charge is 0.468 e. The van der Waals surface area contributed by atoms with E-state index < -0.39 is 16.8 Å². The van der Waals surface area contributed by atoms with Crippen LogP contribution in [0.5, 0.6) is 0 Å². The molecule has 3 heteroatoms. The molecular formula is C26H22O3. The topological polar surface area (TPSA) is 43.4 Å². The Morgan fingerprint density at radius 3 is 1.66 bits per heavy atom. The summed E-state index contributed by atoms with van der Waals surface area (Å²) in [5.41, 5.74) is 0.660. The van der Waals surface area contributed by atoms with Crippen LogP contribution in [0.25, 0.3) is 0 Å². The number of hydrogen-bond donors (Lipinski definition) is 0. The van der Waals surface area contributed by atoms with Crippen molar-refractivity contribution in [1.29, 1.82) is 0 Å². The van der Waals surface area contributed by atoms with Crippen LogP contribution in [0.2, 0.25) is 0 Å². The highest BCUT2D eigenvalue weighted by atomic mass is 16.5. The van der Waals surface area contributed by atoms with Gasteiger partial charge in [0.15, 0.2) is 11.2 Å². The van der Waals surface area contributed by atoms with Gasteiger partial charge in [-0.25, -0.2) is 0 Å². The average molecular weight is 382 g/mol. The number of benzene rings is 3. The smallest absolute Gasteiger partial charge is 0.324 e. The van der Waals surface area contributed by atoms with Crippen molar-refractivity contribution in [3.8, 4) is 0 Å². The van der Waals surface area contributed by atoms with Gasteiger partial charge in [0.25, 0.3) is 0 Å².